The second-order valence-electron chi connectivity index (χ2n) is 6.73. The molecular weight excluding hydrogens is 312 g/mol. The van der Waals surface area contributed by atoms with Crippen LogP contribution in [-0.2, 0) is 11.2 Å². The summed E-state index contributed by atoms with van der Waals surface area (Å²) in [4.78, 5) is 25.2. The number of likely N-dealkylation sites (tertiary alicyclic amines) is 1. The van der Waals surface area contributed by atoms with Crippen LogP contribution >= 0.6 is 0 Å². The number of aromatic nitrogens is 2. The van der Waals surface area contributed by atoms with Gasteiger partial charge in [0, 0.05) is 44.4 Å². The van der Waals surface area contributed by atoms with Crippen molar-refractivity contribution in [3.63, 3.8) is 0 Å². The summed E-state index contributed by atoms with van der Waals surface area (Å²) in [6, 6.07) is 12.7. The van der Waals surface area contributed by atoms with Crippen LogP contribution in [0.4, 0.5) is 5.82 Å². The first-order valence-electron chi connectivity index (χ1n) is 8.96. The highest BCUT2D eigenvalue weighted by Gasteiger charge is 2.25. The van der Waals surface area contributed by atoms with Crippen molar-refractivity contribution in [3.05, 3.63) is 54.0 Å². The lowest BCUT2D eigenvalue weighted by Crippen LogP contribution is -2.46. The highest BCUT2D eigenvalue weighted by atomic mass is 16.2. The Labute approximate surface area is 149 Å². The molecule has 5 heteroatoms. The Balaban J connectivity index is 1.48. The van der Waals surface area contributed by atoms with Gasteiger partial charge in [0.1, 0.15) is 12.1 Å². The number of carbonyl (C=O) groups excluding carboxylic acids is 1. The zero-order valence-corrected chi connectivity index (χ0v) is 15.1. The van der Waals surface area contributed by atoms with E-state index in [0.29, 0.717) is 12.5 Å². The highest BCUT2D eigenvalue weighted by Crippen LogP contribution is 2.21. The number of anilines is 1. The molecule has 0 N–H and O–H groups in total. The van der Waals surface area contributed by atoms with E-state index in [1.807, 2.05) is 36.1 Å². The summed E-state index contributed by atoms with van der Waals surface area (Å²) in [5.41, 5.74) is 2.20. The molecule has 1 aliphatic rings. The summed E-state index contributed by atoms with van der Waals surface area (Å²) < 4.78 is 0. The van der Waals surface area contributed by atoms with Gasteiger partial charge in [-0.25, -0.2) is 9.97 Å². The summed E-state index contributed by atoms with van der Waals surface area (Å²) in [6.45, 7) is 3.63. The Bertz CT molecular complexity index is 696. The van der Waals surface area contributed by atoms with Crippen LogP contribution in [0.3, 0.4) is 0 Å². The molecule has 5 nitrogen and oxygen atoms in total. The predicted octanol–water partition coefficient (Wildman–Crippen LogP) is 2.85. The molecule has 1 amide bonds. The molecule has 0 radical (unpaired) electrons. The number of benzene rings is 1. The SMILES string of the molecule is Cc1cc(N(C)C2CCN(C(=O)CCc3ccccc3)CC2)ncn1. The van der Waals surface area contributed by atoms with Crippen LogP contribution in [0.15, 0.2) is 42.7 Å². The number of piperidine rings is 1. The van der Waals surface area contributed by atoms with E-state index < -0.39 is 0 Å². The molecule has 25 heavy (non-hydrogen) atoms. The van der Waals surface area contributed by atoms with E-state index in [2.05, 4.69) is 34.0 Å². The second kappa shape index (κ2) is 8.10. The monoisotopic (exact) mass is 338 g/mol. The zero-order valence-electron chi connectivity index (χ0n) is 15.1. The van der Waals surface area contributed by atoms with Gasteiger partial charge in [-0.3, -0.25) is 4.79 Å². The van der Waals surface area contributed by atoms with Gasteiger partial charge < -0.3 is 9.80 Å². The van der Waals surface area contributed by atoms with Crippen LogP contribution < -0.4 is 4.90 Å². The average molecular weight is 338 g/mol. The number of hydrogen-bond acceptors (Lipinski definition) is 4. The molecule has 2 heterocycles. The van der Waals surface area contributed by atoms with E-state index in [1.165, 1.54) is 5.56 Å². The zero-order chi connectivity index (χ0) is 17.6. The van der Waals surface area contributed by atoms with Crippen molar-refractivity contribution in [3.8, 4) is 0 Å². The second-order valence-corrected chi connectivity index (χ2v) is 6.73. The van der Waals surface area contributed by atoms with Gasteiger partial charge in [-0.2, -0.15) is 0 Å². The lowest BCUT2D eigenvalue weighted by atomic mass is 10.0. The highest BCUT2D eigenvalue weighted by molar-refractivity contribution is 5.76. The van der Waals surface area contributed by atoms with E-state index in [9.17, 15) is 4.79 Å². The van der Waals surface area contributed by atoms with E-state index in [1.54, 1.807) is 6.33 Å². The van der Waals surface area contributed by atoms with E-state index in [0.717, 1.165) is 43.9 Å². The maximum atomic E-state index is 12.5. The van der Waals surface area contributed by atoms with Crippen molar-refractivity contribution in [2.75, 3.05) is 25.0 Å². The fraction of sp³-hybridized carbons (Fsp3) is 0.450. The van der Waals surface area contributed by atoms with Gasteiger partial charge in [-0.05, 0) is 31.7 Å². The van der Waals surface area contributed by atoms with Crippen LogP contribution in [0, 0.1) is 6.92 Å². The van der Waals surface area contributed by atoms with Crippen LogP contribution in [0.1, 0.15) is 30.5 Å². The van der Waals surface area contributed by atoms with Gasteiger partial charge >= 0.3 is 0 Å². The maximum absolute atomic E-state index is 12.5. The summed E-state index contributed by atoms with van der Waals surface area (Å²) in [5, 5.41) is 0. The van der Waals surface area contributed by atoms with Crippen molar-refractivity contribution in [2.24, 2.45) is 0 Å². The van der Waals surface area contributed by atoms with Gasteiger partial charge in [0.25, 0.3) is 0 Å². The molecule has 1 aliphatic heterocycles. The quantitative estimate of drug-likeness (QED) is 0.841. The summed E-state index contributed by atoms with van der Waals surface area (Å²) >= 11 is 0. The van der Waals surface area contributed by atoms with Crippen molar-refractivity contribution in [1.29, 1.82) is 0 Å². The van der Waals surface area contributed by atoms with Crippen molar-refractivity contribution < 1.29 is 4.79 Å². The van der Waals surface area contributed by atoms with Crippen molar-refractivity contribution >= 4 is 11.7 Å². The summed E-state index contributed by atoms with van der Waals surface area (Å²) in [5.74, 6) is 1.23. The first kappa shape index (κ1) is 17.4. The predicted molar refractivity (Wildman–Crippen MR) is 99.5 cm³/mol. The maximum Gasteiger partial charge on any atom is 0.222 e. The summed E-state index contributed by atoms with van der Waals surface area (Å²) in [6.07, 6.45) is 4.99. The molecule has 1 fully saturated rings. The van der Waals surface area contributed by atoms with Gasteiger partial charge in [0.15, 0.2) is 0 Å². The van der Waals surface area contributed by atoms with Crippen LogP contribution in [0.5, 0.6) is 0 Å². The third kappa shape index (κ3) is 4.56. The van der Waals surface area contributed by atoms with E-state index in [4.69, 9.17) is 0 Å². The largest absolute Gasteiger partial charge is 0.356 e. The molecule has 1 saturated heterocycles. The standard InChI is InChI=1S/C20H26N4O/c1-16-14-19(22-15-21-16)23(2)18-10-12-24(13-11-18)20(25)9-8-17-6-4-3-5-7-17/h3-7,14-15,18H,8-13H2,1-2H3. The number of nitrogens with zero attached hydrogens (tertiary/aromatic N) is 4. The van der Waals surface area contributed by atoms with E-state index >= 15 is 0 Å². The fourth-order valence-electron chi connectivity index (χ4n) is 3.38. The van der Waals surface area contributed by atoms with Gasteiger partial charge in [0.2, 0.25) is 5.91 Å². The van der Waals surface area contributed by atoms with Gasteiger partial charge in [-0.15, -0.1) is 0 Å². The van der Waals surface area contributed by atoms with Crippen molar-refractivity contribution in [1.82, 2.24) is 14.9 Å². The number of amides is 1. The van der Waals surface area contributed by atoms with Crippen LogP contribution in [0.2, 0.25) is 0 Å². The normalized spacial score (nSPS) is 15.2. The number of carbonyl (C=O) groups is 1. The molecular formula is C20H26N4O. The third-order valence-corrected chi connectivity index (χ3v) is 4.99. The smallest absolute Gasteiger partial charge is 0.222 e. The molecule has 2 aromatic rings. The molecule has 132 valence electrons. The molecule has 0 atom stereocenters. The molecule has 1 aromatic heterocycles. The molecule has 0 bridgehead atoms. The summed E-state index contributed by atoms with van der Waals surface area (Å²) in [7, 11) is 2.08. The minimum atomic E-state index is 0.267. The molecule has 1 aromatic carbocycles. The Hall–Kier alpha value is -2.43. The Morgan fingerprint density at radius 2 is 1.92 bits per heavy atom. The average Bonchev–Trinajstić information content (AvgIpc) is 2.66. The fourth-order valence-corrected chi connectivity index (χ4v) is 3.38. The van der Waals surface area contributed by atoms with Gasteiger partial charge in [-0.1, -0.05) is 30.3 Å². The number of hydrogen-bond donors (Lipinski definition) is 0. The van der Waals surface area contributed by atoms with E-state index in [-0.39, 0.29) is 5.91 Å². The van der Waals surface area contributed by atoms with Gasteiger partial charge in [0.05, 0.1) is 0 Å². The minimum Gasteiger partial charge on any atom is -0.356 e. The minimum absolute atomic E-state index is 0.267. The molecule has 0 aliphatic carbocycles. The Morgan fingerprint density at radius 1 is 1.20 bits per heavy atom. The van der Waals surface area contributed by atoms with Crippen molar-refractivity contribution in [2.45, 2.75) is 38.6 Å². The first-order valence-corrected chi connectivity index (χ1v) is 8.96. The third-order valence-electron chi connectivity index (χ3n) is 4.99. The molecule has 0 spiro atoms. The molecule has 0 unspecified atom stereocenters. The number of rotatable bonds is 5. The lowest BCUT2D eigenvalue weighted by molar-refractivity contribution is -0.132. The lowest BCUT2D eigenvalue weighted by Gasteiger charge is -2.37. The Kier molecular flexibility index (Phi) is 5.64. The van der Waals surface area contributed by atoms with Crippen LogP contribution in [-0.4, -0.2) is 47.0 Å². The topological polar surface area (TPSA) is 49.3 Å². The molecule has 0 saturated carbocycles. The first-order chi connectivity index (χ1) is 12.1. The molecule has 3 rings (SSSR count). The Morgan fingerprint density at radius 3 is 2.60 bits per heavy atom. The van der Waals surface area contributed by atoms with Crippen LogP contribution in [0.25, 0.3) is 0 Å². The number of aryl methyl sites for hydroxylation is 2.